The van der Waals surface area contributed by atoms with Crippen molar-refractivity contribution in [2.75, 3.05) is 0 Å². The van der Waals surface area contributed by atoms with E-state index in [4.69, 9.17) is 96.2 Å². The van der Waals surface area contributed by atoms with Gasteiger partial charge in [0.15, 0.2) is 0 Å². The van der Waals surface area contributed by atoms with E-state index in [1.165, 1.54) is 0 Å². The molecule has 0 atom stereocenters. The van der Waals surface area contributed by atoms with Crippen LogP contribution in [0.25, 0.3) is 0 Å². The van der Waals surface area contributed by atoms with Crippen molar-refractivity contribution in [1.82, 2.24) is 0 Å². The normalized spacial score (nSPS) is 10.9. The van der Waals surface area contributed by atoms with Gasteiger partial charge in [-0.15, -0.1) is 0 Å². The number of hydrogen-bond acceptors (Lipinski definition) is 15. The molecule has 0 aromatic rings. The van der Waals surface area contributed by atoms with Gasteiger partial charge in [-0.2, -0.15) is 0 Å². The van der Waals surface area contributed by atoms with E-state index in [-0.39, 0.29) is 37.1 Å². The number of rotatable bonds is 0. The van der Waals surface area contributed by atoms with Crippen LogP contribution in [0.5, 0.6) is 0 Å². The first-order valence-electron chi connectivity index (χ1n) is 3.74. The van der Waals surface area contributed by atoms with Crippen molar-refractivity contribution in [3.63, 3.8) is 0 Å². The van der Waals surface area contributed by atoms with Crippen molar-refractivity contribution in [2.45, 2.75) is 0 Å². The van der Waals surface area contributed by atoms with Crippen LogP contribution >= 0.6 is 39.1 Å². The quantitative estimate of drug-likeness (QED) is 0.165. The smallest absolute Gasteiger partial charge is 0.790 e. The van der Waals surface area contributed by atoms with Gasteiger partial charge in [-0.05, 0) is 0 Å². The van der Waals surface area contributed by atoms with E-state index in [2.05, 4.69) is 0 Å². The molecule has 0 amide bonds. The molecule has 0 unspecified atom stereocenters. The molecule has 0 aliphatic rings. The van der Waals surface area contributed by atoms with Gasteiger partial charge in [0, 0.05) is 0 Å². The van der Waals surface area contributed by atoms with E-state index >= 15 is 0 Å². The Morgan fingerprint density at radius 1 is 0.333 bits per heavy atom. The predicted molar refractivity (Wildman–Crippen MR) is 49.1 cm³/mol. The average molecular weight is 582 g/mol. The first-order valence-corrected chi connectivity index (χ1v) is 11.2. The van der Waals surface area contributed by atoms with E-state index in [0.29, 0.717) is 0 Å². The van der Waals surface area contributed by atoms with Gasteiger partial charge in [-0.3, -0.25) is 0 Å². The van der Waals surface area contributed by atoms with Crippen molar-refractivity contribution < 1.29 is 133 Å². The molecule has 5 N–H and O–H groups in total. The fourth-order valence-corrected chi connectivity index (χ4v) is 0. The molecule has 27 heavy (non-hydrogen) atoms. The zero-order chi connectivity index (χ0) is 22.5. The fourth-order valence-electron chi connectivity index (χ4n) is 0. The third-order valence-corrected chi connectivity index (χ3v) is 0. The summed E-state index contributed by atoms with van der Waals surface area (Å²) < 4.78 is 43.3. The molecule has 27 heteroatoms. The van der Waals surface area contributed by atoms with Crippen LogP contribution in [-0.2, 0) is 59.9 Å². The van der Waals surface area contributed by atoms with E-state index in [1.54, 1.807) is 0 Å². The number of hydrogen-bond donors (Lipinski definition) is 5. The topological polar surface area (TPSA) is 417 Å². The second-order valence-corrected chi connectivity index (χ2v) is 7.03. The first kappa shape index (κ1) is 46.8. The van der Waals surface area contributed by atoms with Gasteiger partial charge in [0.2, 0.25) is 0 Å². The molecule has 0 heterocycles. The zero-order valence-corrected chi connectivity index (χ0v) is 18.8. The molecule has 0 aliphatic heterocycles. The van der Waals surface area contributed by atoms with Gasteiger partial charge in [0.25, 0.3) is 0 Å². The minimum atomic E-state index is -5.14. The molecule has 0 aromatic carbocycles. The van der Waals surface area contributed by atoms with Gasteiger partial charge in [-0.25, -0.2) is 0 Å². The second kappa shape index (κ2) is 19.7. The molecule has 0 aromatic heterocycles. The summed E-state index contributed by atoms with van der Waals surface area (Å²) in [7, 11) is -25.7. The van der Waals surface area contributed by atoms with Gasteiger partial charge in [0.1, 0.15) is 0 Å². The molecule has 0 bridgehead atoms. The molecule has 0 aliphatic carbocycles. The average Bonchev–Trinajstić information content (AvgIpc) is 1.79. The van der Waals surface area contributed by atoms with Crippen LogP contribution in [0.2, 0.25) is 0 Å². The Labute approximate surface area is 172 Å². The van der Waals surface area contributed by atoms with E-state index in [1.807, 2.05) is 0 Å². The summed E-state index contributed by atoms with van der Waals surface area (Å²) in [5.74, 6) is 0. The Hall–Kier alpha value is 1.72. The van der Waals surface area contributed by atoms with Crippen LogP contribution in [0.3, 0.4) is 0 Å². The molecule has 0 saturated carbocycles. The maximum Gasteiger partial charge on any atom is 5.00 e. The summed E-state index contributed by atoms with van der Waals surface area (Å²) in [5, 5.41) is 0. The van der Waals surface area contributed by atoms with Crippen LogP contribution in [-0.4, -0.2) is 24.5 Å². The Balaban J connectivity index is -0.0000000364. The molecular weight excluding hydrogens is 577 g/mol. The van der Waals surface area contributed by atoms with Crippen molar-refractivity contribution in [3.8, 4) is 0 Å². The van der Waals surface area contributed by atoms with Gasteiger partial charge < -0.3 is 96.2 Å². The predicted octanol–water partition coefficient (Wildman–Crippen LogP) is -11.0. The van der Waals surface area contributed by atoms with Crippen molar-refractivity contribution in [2.24, 2.45) is 0 Å². The van der Waals surface area contributed by atoms with E-state index in [0.717, 1.165) is 0 Å². The van der Waals surface area contributed by atoms with Gasteiger partial charge in [-0.1, -0.05) is 0 Å². The van der Waals surface area contributed by atoms with Gasteiger partial charge in [0.05, 0.1) is 39.1 Å². The maximum absolute atomic E-state index is 8.66. The summed E-state index contributed by atoms with van der Waals surface area (Å²) in [5.41, 5.74) is 0. The minimum absolute atomic E-state index is 0. The Kier molecular flexibility index (Phi) is 34.1. The molecular formula is H5O20P5V2. The van der Waals surface area contributed by atoms with E-state index in [9.17, 15) is 0 Å². The van der Waals surface area contributed by atoms with Crippen molar-refractivity contribution in [1.29, 1.82) is 0 Å². The van der Waals surface area contributed by atoms with E-state index < -0.39 is 39.1 Å². The monoisotopic (exact) mass is 582 g/mol. The summed E-state index contributed by atoms with van der Waals surface area (Å²) in [6, 6.07) is 0. The molecule has 0 spiro atoms. The summed E-state index contributed by atoms with van der Waals surface area (Å²) in [4.78, 5) is 121. The number of phosphoric acid groups is 5. The molecule has 160 valence electrons. The summed E-state index contributed by atoms with van der Waals surface area (Å²) in [6.45, 7) is 0. The Morgan fingerprint density at radius 2 is 0.333 bits per heavy atom. The third-order valence-electron chi connectivity index (χ3n) is 0. The van der Waals surface area contributed by atoms with Crippen LogP contribution in [0.1, 0.15) is 0 Å². The molecule has 20 nitrogen and oxygen atoms in total. The standard InChI is InChI=1S/5H3O4P.2V/c5*1-5(2,3)4;;/h5*(H3,1,2,3,4);;/q;;;;;2*+5/p-10. The molecule has 0 fully saturated rings. The maximum atomic E-state index is 8.66. The Morgan fingerprint density at radius 3 is 0.333 bits per heavy atom. The van der Waals surface area contributed by atoms with Gasteiger partial charge >= 0.3 is 37.1 Å². The summed E-state index contributed by atoms with van der Waals surface area (Å²) >= 11 is 0. The van der Waals surface area contributed by atoms with Crippen LogP contribution < -0.4 is 48.9 Å². The molecule has 0 saturated heterocycles. The second-order valence-electron chi connectivity index (χ2n) is 2.34. The van der Waals surface area contributed by atoms with Crippen LogP contribution in [0.4, 0.5) is 0 Å². The van der Waals surface area contributed by atoms with Crippen molar-refractivity contribution in [3.05, 3.63) is 0 Å². The molecule has 0 radical (unpaired) electrons. The van der Waals surface area contributed by atoms with Crippen LogP contribution in [0, 0.1) is 0 Å². The zero-order valence-electron chi connectivity index (χ0n) is 11.5. The fraction of sp³-hybridized carbons (Fsp3) is 0. The summed E-state index contributed by atoms with van der Waals surface area (Å²) in [6.07, 6.45) is 0. The van der Waals surface area contributed by atoms with Crippen LogP contribution in [0.15, 0.2) is 0 Å². The molecule has 0 rings (SSSR count). The SMILES string of the molecule is O=P([O-])([O-])O.O=P([O-])([O-])O.O=P([O-])([O-])O.O=P([O-])([O-])O.O=P([O-])([O-])O.[V+5].[V+5]. The van der Waals surface area contributed by atoms with Crippen molar-refractivity contribution >= 4 is 39.1 Å². The first-order chi connectivity index (χ1) is 10.0. The third kappa shape index (κ3) is 6210. The largest absolute Gasteiger partial charge is 5.00 e. The Bertz CT molecular complexity index is 375. The minimum Gasteiger partial charge on any atom is -0.790 e.